The van der Waals surface area contributed by atoms with Crippen LogP contribution in [0.2, 0.25) is 0 Å². The first-order valence-electron chi connectivity index (χ1n) is 6.43. The Morgan fingerprint density at radius 3 is 2.62 bits per heavy atom. The molecule has 0 spiro atoms. The van der Waals surface area contributed by atoms with Crippen molar-refractivity contribution in [1.29, 1.82) is 0 Å². The number of amides is 1. The van der Waals surface area contributed by atoms with E-state index < -0.39 is 0 Å². The number of benzene rings is 2. The number of H-pyrrole nitrogens is 1. The van der Waals surface area contributed by atoms with Crippen molar-refractivity contribution >= 4 is 11.7 Å². The second kappa shape index (κ2) is 5.50. The van der Waals surface area contributed by atoms with Gasteiger partial charge in [0.05, 0.1) is 5.69 Å². The van der Waals surface area contributed by atoms with E-state index in [0.717, 1.165) is 11.3 Å². The van der Waals surface area contributed by atoms with Crippen LogP contribution in [0.5, 0.6) is 5.75 Å². The average molecular weight is 279 g/mol. The van der Waals surface area contributed by atoms with E-state index in [9.17, 15) is 9.90 Å². The summed E-state index contributed by atoms with van der Waals surface area (Å²) >= 11 is 0. The largest absolute Gasteiger partial charge is 0.508 e. The van der Waals surface area contributed by atoms with Gasteiger partial charge in [0.25, 0.3) is 5.91 Å². The number of carbonyl (C=O) groups is 1. The Hall–Kier alpha value is -3.08. The molecule has 5 heteroatoms. The molecule has 0 saturated heterocycles. The highest BCUT2D eigenvalue weighted by Gasteiger charge is 2.09. The number of aromatic amines is 1. The maximum Gasteiger partial charge on any atom is 0.256 e. The molecule has 0 fully saturated rings. The van der Waals surface area contributed by atoms with Crippen LogP contribution in [0.15, 0.2) is 60.7 Å². The summed E-state index contributed by atoms with van der Waals surface area (Å²) in [5, 5.41) is 19.0. The van der Waals surface area contributed by atoms with Crippen molar-refractivity contribution in [2.24, 2.45) is 0 Å². The number of phenolic OH excluding ortho intramolecular Hbond substituents is 1. The second-order valence-electron chi connectivity index (χ2n) is 4.54. The van der Waals surface area contributed by atoms with Crippen molar-refractivity contribution in [3.05, 3.63) is 66.2 Å². The highest BCUT2D eigenvalue weighted by Crippen LogP contribution is 2.20. The first-order chi connectivity index (χ1) is 10.2. The maximum absolute atomic E-state index is 12.0. The Balaban J connectivity index is 1.77. The van der Waals surface area contributed by atoms with Crippen LogP contribution in [0.3, 0.4) is 0 Å². The molecule has 0 radical (unpaired) electrons. The summed E-state index contributed by atoms with van der Waals surface area (Å²) in [6, 6.07) is 17.6. The Morgan fingerprint density at radius 1 is 1.05 bits per heavy atom. The normalized spacial score (nSPS) is 10.3. The number of hydrogen-bond acceptors (Lipinski definition) is 3. The van der Waals surface area contributed by atoms with E-state index in [1.54, 1.807) is 18.2 Å². The molecule has 1 heterocycles. The summed E-state index contributed by atoms with van der Waals surface area (Å²) in [5.41, 5.74) is 2.18. The van der Waals surface area contributed by atoms with Gasteiger partial charge in [0.2, 0.25) is 0 Å². The molecular weight excluding hydrogens is 266 g/mol. The Labute approximate surface area is 121 Å². The number of aromatic hydroxyl groups is 1. The van der Waals surface area contributed by atoms with Gasteiger partial charge in [0.15, 0.2) is 5.82 Å². The van der Waals surface area contributed by atoms with Crippen LogP contribution in [0.25, 0.3) is 11.3 Å². The van der Waals surface area contributed by atoms with E-state index in [2.05, 4.69) is 15.5 Å². The zero-order valence-corrected chi connectivity index (χ0v) is 11.1. The lowest BCUT2D eigenvalue weighted by atomic mass is 10.1. The van der Waals surface area contributed by atoms with E-state index in [0.29, 0.717) is 11.4 Å². The third kappa shape index (κ3) is 2.92. The summed E-state index contributed by atoms with van der Waals surface area (Å²) in [7, 11) is 0. The highest BCUT2D eigenvalue weighted by molar-refractivity contribution is 6.04. The van der Waals surface area contributed by atoms with E-state index >= 15 is 0 Å². The first-order valence-corrected chi connectivity index (χ1v) is 6.43. The molecule has 0 atom stereocenters. The van der Waals surface area contributed by atoms with E-state index in [-0.39, 0.29) is 11.7 Å². The summed E-state index contributed by atoms with van der Waals surface area (Å²) in [4.78, 5) is 12.0. The fourth-order valence-corrected chi connectivity index (χ4v) is 1.99. The van der Waals surface area contributed by atoms with Gasteiger partial charge in [-0.25, -0.2) is 0 Å². The van der Waals surface area contributed by atoms with Crippen LogP contribution in [-0.2, 0) is 0 Å². The Bertz CT molecular complexity index is 766. The van der Waals surface area contributed by atoms with Crippen molar-refractivity contribution in [3.8, 4) is 17.0 Å². The van der Waals surface area contributed by atoms with Crippen molar-refractivity contribution in [3.63, 3.8) is 0 Å². The SMILES string of the molecule is O=C(Nc1cc(-c2ccccc2)[nH]n1)c1cccc(O)c1. The van der Waals surface area contributed by atoms with Gasteiger partial charge in [-0.3, -0.25) is 9.89 Å². The summed E-state index contributed by atoms with van der Waals surface area (Å²) in [5.74, 6) is 0.161. The topological polar surface area (TPSA) is 78.0 Å². The minimum atomic E-state index is -0.322. The molecule has 0 bridgehead atoms. The second-order valence-corrected chi connectivity index (χ2v) is 4.54. The summed E-state index contributed by atoms with van der Waals surface area (Å²) in [6.45, 7) is 0. The van der Waals surface area contributed by atoms with Gasteiger partial charge in [-0.2, -0.15) is 5.10 Å². The van der Waals surface area contributed by atoms with Gasteiger partial charge in [-0.1, -0.05) is 36.4 Å². The molecule has 0 aliphatic rings. The molecule has 1 amide bonds. The van der Waals surface area contributed by atoms with Crippen LogP contribution < -0.4 is 5.32 Å². The number of nitrogens with zero attached hydrogens (tertiary/aromatic N) is 1. The standard InChI is InChI=1S/C16H13N3O2/c20-13-8-4-7-12(9-13)16(21)17-15-10-14(18-19-15)11-5-2-1-3-6-11/h1-10,20H,(H2,17,18,19,21). The molecule has 0 aliphatic carbocycles. The molecule has 104 valence electrons. The smallest absolute Gasteiger partial charge is 0.256 e. The van der Waals surface area contributed by atoms with Gasteiger partial charge in [-0.15, -0.1) is 0 Å². The lowest BCUT2D eigenvalue weighted by Gasteiger charge is -2.01. The molecule has 0 saturated carbocycles. The zero-order chi connectivity index (χ0) is 14.7. The van der Waals surface area contributed by atoms with Crippen molar-refractivity contribution in [1.82, 2.24) is 10.2 Å². The molecule has 0 unspecified atom stereocenters. The van der Waals surface area contributed by atoms with E-state index in [1.165, 1.54) is 12.1 Å². The monoisotopic (exact) mass is 279 g/mol. The van der Waals surface area contributed by atoms with Crippen LogP contribution in [0, 0.1) is 0 Å². The number of aromatic nitrogens is 2. The van der Waals surface area contributed by atoms with Crippen LogP contribution in [-0.4, -0.2) is 21.2 Å². The molecular formula is C16H13N3O2. The van der Waals surface area contributed by atoms with Gasteiger partial charge < -0.3 is 10.4 Å². The average Bonchev–Trinajstić information content (AvgIpc) is 2.97. The molecule has 21 heavy (non-hydrogen) atoms. The number of carbonyl (C=O) groups excluding carboxylic acids is 1. The predicted octanol–water partition coefficient (Wildman–Crippen LogP) is 3.03. The number of phenols is 1. The highest BCUT2D eigenvalue weighted by atomic mass is 16.3. The van der Waals surface area contributed by atoms with Gasteiger partial charge in [0.1, 0.15) is 5.75 Å². The number of anilines is 1. The van der Waals surface area contributed by atoms with Crippen LogP contribution >= 0.6 is 0 Å². The number of rotatable bonds is 3. The third-order valence-corrected chi connectivity index (χ3v) is 3.01. The molecule has 1 aromatic heterocycles. The van der Waals surface area contributed by atoms with Crippen molar-refractivity contribution in [2.45, 2.75) is 0 Å². The molecule has 3 rings (SSSR count). The van der Waals surface area contributed by atoms with E-state index in [1.807, 2.05) is 30.3 Å². The minimum Gasteiger partial charge on any atom is -0.508 e. The van der Waals surface area contributed by atoms with E-state index in [4.69, 9.17) is 0 Å². The summed E-state index contributed by atoms with van der Waals surface area (Å²) in [6.07, 6.45) is 0. The molecule has 2 aromatic carbocycles. The lowest BCUT2D eigenvalue weighted by Crippen LogP contribution is -2.11. The number of nitrogens with one attached hydrogen (secondary N) is 2. The fourth-order valence-electron chi connectivity index (χ4n) is 1.99. The molecule has 3 N–H and O–H groups in total. The lowest BCUT2D eigenvalue weighted by molar-refractivity contribution is 0.102. The quantitative estimate of drug-likeness (QED) is 0.689. The van der Waals surface area contributed by atoms with Gasteiger partial charge >= 0.3 is 0 Å². The van der Waals surface area contributed by atoms with Crippen molar-refractivity contribution < 1.29 is 9.90 Å². The minimum absolute atomic E-state index is 0.0506. The Morgan fingerprint density at radius 2 is 1.86 bits per heavy atom. The molecule has 3 aromatic rings. The fraction of sp³-hybridized carbons (Fsp3) is 0. The predicted molar refractivity (Wildman–Crippen MR) is 80.1 cm³/mol. The van der Waals surface area contributed by atoms with Gasteiger partial charge in [0, 0.05) is 11.6 Å². The van der Waals surface area contributed by atoms with Crippen LogP contribution in [0.1, 0.15) is 10.4 Å². The number of hydrogen-bond donors (Lipinski definition) is 3. The zero-order valence-electron chi connectivity index (χ0n) is 11.1. The molecule has 0 aliphatic heterocycles. The third-order valence-electron chi connectivity index (χ3n) is 3.01. The summed E-state index contributed by atoms with van der Waals surface area (Å²) < 4.78 is 0. The van der Waals surface area contributed by atoms with Crippen LogP contribution in [0.4, 0.5) is 5.82 Å². The Kier molecular flexibility index (Phi) is 3.39. The first kappa shape index (κ1) is 12.9. The van der Waals surface area contributed by atoms with Gasteiger partial charge in [-0.05, 0) is 23.8 Å². The maximum atomic E-state index is 12.0. The molecule has 5 nitrogen and oxygen atoms in total. The van der Waals surface area contributed by atoms with Crippen molar-refractivity contribution in [2.75, 3.05) is 5.32 Å².